The van der Waals surface area contributed by atoms with E-state index in [2.05, 4.69) is 11.7 Å². The summed E-state index contributed by atoms with van der Waals surface area (Å²) in [5.74, 6) is -0.0702. The molecule has 2 atom stereocenters. The quantitative estimate of drug-likeness (QED) is 0.230. The summed E-state index contributed by atoms with van der Waals surface area (Å²) in [5, 5.41) is 0. The third-order valence-electron chi connectivity index (χ3n) is 4.68. The van der Waals surface area contributed by atoms with E-state index in [1.54, 1.807) is 0 Å². The third kappa shape index (κ3) is 11.1. The highest BCUT2D eigenvalue weighted by Crippen LogP contribution is 2.26. The van der Waals surface area contributed by atoms with Crippen molar-refractivity contribution in [1.29, 1.82) is 0 Å². The number of hydrogen-bond donors (Lipinski definition) is 0. The first-order valence-electron chi connectivity index (χ1n) is 9.46. The Hall–Kier alpha value is -0.570. The summed E-state index contributed by atoms with van der Waals surface area (Å²) in [6, 6.07) is 0. The van der Waals surface area contributed by atoms with E-state index < -0.39 is 0 Å². The van der Waals surface area contributed by atoms with Crippen LogP contribution in [0.15, 0.2) is 0 Å². The van der Waals surface area contributed by atoms with Crippen molar-refractivity contribution >= 4 is 5.97 Å². The number of esters is 1. The number of rotatable bonds is 15. The molecule has 0 aliphatic carbocycles. The lowest BCUT2D eigenvalue weighted by Gasteiger charge is -2.03. The predicted octanol–water partition coefficient (Wildman–Crippen LogP) is 5.41. The molecule has 0 aromatic carbocycles. The van der Waals surface area contributed by atoms with Crippen molar-refractivity contribution in [1.82, 2.24) is 0 Å². The largest absolute Gasteiger partial charge is 0.469 e. The van der Waals surface area contributed by atoms with E-state index in [0.717, 1.165) is 6.42 Å². The molecule has 0 spiro atoms. The zero-order chi connectivity index (χ0) is 16.0. The van der Waals surface area contributed by atoms with Crippen LogP contribution in [0.1, 0.15) is 96.8 Å². The molecule has 1 heterocycles. The fraction of sp³-hybridized carbons (Fsp3) is 0.947. The summed E-state index contributed by atoms with van der Waals surface area (Å²) < 4.78 is 10.0. The maximum Gasteiger partial charge on any atom is 0.305 e. The minimum atomic E-state index is -0.0702. The van der Waals surface area contributed by atoms with Crippen molar-refractivity contribution in [2.75, 3.05) is 7.11 Å². The molecule has 0 amide bonds. The van der Waals surface area contributed by atoms with Crippen molar-refractivity contribution in [2.45, 2.75) is 109 Å². The molecule has 3 heteroatoms. The van der Waals surface area contributed by atoms with Gasteiger partial charge in [0.2, 0.25) is 0 Å². The van der Waals surface area contributed by atoms with Gasteiger partial charge >= 0.3 is 5.97 Å². The summed E-state index contributed by atoms with van der Waals surface area (Å²) >= 11 is 0. The van der Waals surface area contributed by atoms with Crippen LogP contribution in [0, 0.1) is 0 Å². The Kier molecular flexibility index (Phi) is 11.4. The summed E-state index contributed by atoms with van der Waals surface area (Å²) in [6.45, 7) is 2.17. The summed E-state index contributed by atoms with van der Waals surface area (Å²) in [5.41, 5.74) is 0. The van der Waals surface area contributed by atoms with Gasteiger partial charge in [-0.05, 0) is 19.8 Å². The van der Waals surface area contributed by atoms with E-state index in [0.29, 0.717) is 18.6 Å². The molecule has 0 unspecified atom stereocenters. The fourth-order valence-corrected chi connectivity index (χ4v) is 3.02. The minimum Gasteiger partial charge on any atom is -0.469 e. The number of methoxy groups -OCH3 is 1. The van der Waals surface area contributed by atoms with E-state index in [-0.39, 0.29) is 5.97 Å². The second-order valence-corrected chi connectivity index (χ2v) is 6.74. The lowest BCUT2D eigenvalue weighted by atomic mass is 10.0. The zero-order valence-corrected chi connectivity index (χ0v) is 14.8. The highest BCUT2D eigenvalue weighted by molar-refractivity contribution is 5.68. The van der Waals surface area contributed by atoms with Crippen LogP contribution in [-0.4, -0.2) is 25.3 Å². The first-order chi connectivity index (χ1) is 10.7. The van der Waals surface area contributed by atoms with Gasteiger partial charge in [0.1, 0.15) is 0 Å². The van der Waals surface area contributed by atoms with Gasteiger partial charge in [-0.3, -0.25) is 4.79 Å². The molecule has 0 aromatic heterocycles. The van der Waals surface area contributed by atoms with Crippen molar-refractivity contribution < 1.29 is 14.3 Å². The first-order valence-corrected chi connectivity index (χ1v) is 9.46. The van der Waals surface area contributed by atoms with Gasteiger partial charge in [-0.2, -0.15) is 0 Å². The van der Waals surface area contributed by atoms with E-state index in [9.17, 15) is 4.79 Å². The van der Waals surface area contributed by atoms with Crippen LogP contribution in [0.4, 0.5) is 0 Å². The molecule has 0 N–H and O–H groups in total. The second-order valence-electron chi connectivity index (χ2n) is 6.74. The maximum atomic E-state index is 10.9. The maximum absolute atomic E-state index is 10.9. The van der Waals surface area contributed by atoms with E-state index in [1.807, 2.05) is 0 Å². The smallest absolute Gasteiger partial charge is 0.305 e. The van der Waals surface area contributed by atoms with Crippen LogP contribution in [0.5, 0.6) is 0 Å². The van der Waals surface area contributed by atoms with Crippen molar-refractivity contribution in [3.8, 4) is 0 Å². The van der Waals surface area contributed by atoms with Crippen LogP contribution in [0.2, 0.25) is 0 Å². The Morgan fingerprint density at radius 3 is 1.64 bits per heavy atom. The third-order valence-corrected chi connectivity index (χ3v) is 4.68. The number of epoxide rings is 1. The number of unbranched alkanes of at least 4 members (excludes halogenated alkanes) is 11. The summed E-state index contributed by atoms with van der Waals surface area (Å²) in [7, 11) is 1.46. The highest BCUT2D eigenvalue weighted by atomic mass is 16.6. The molecule has 1 aliphatic rings. The van der Waals surface area contributed by atoms with Gasteiger partial charge < -0.3 is 9.47 Å². The molecular formula is C19H36O3. The zero-order valence-electron chi connectivity index (χ0n) is 14.8. The van der Waals surface area contributed by atoms with Crippen LogP contribution < -0.4 is 0 Å². The van der Waals surface area contributed by atoms with Gasteiger partial charge in [0.05, 0.1) is 19.3 Å². The molecule has 1 saturated heterocycles. The number of ether oxygens (including phenoxy) is 2. The Labute approximate surface area is 137 Å². The fourth-order valence-electron chi connectivity index (χ4n) is 3.02. The Balaban J connectivity index is 1.65. The second kappa shape index (κ2) is 12.9. The first kappa shape index (κ1) is 19.5. The van der Waals surface area contributed by atoms with Gasteiger partial charge in [-0.15, -0.1) is 0 Å². The Bertz CT molecular complexity index is 278. The molecule has 130 valence electrons. The van der Waals surface area contributed by atoms with Gasteiger partial charge in [-0.1, -0.05) is 70.6 Å². The number of carbonyl (C=O) groups is 1. The van der Waals surface area contributed by atoms with Gasteiger partial charge in [0, 0.05) is 6.42 Å². The standard InChI is InChI=1S/C19H36O3/c1-17-18(22-17)15-13-11-9-7-5-3-4-6-8-10-12-14-16-19(20)21-2/h17-18H,3-16H2,1-2H3/t17-,18+/m0/s1. The molecule has 1 rings (SSSR count). The summed E-state index contributed by atoms with van der Waals surface area (Å²) in [4.78, 5) is 10.9. The van der Waals surface area contributed by atoms with Crippen LogP contribution >= 0.6 is 0 Å². The average molecular weight is 312 g/mol. The van der Waals surface area contributed by atoms with Crippen LogP contribution in [0.25, 0.3) is 0 Å². The normalized spacial score (nSPS) is 20.1. The highest BCUT2D eigenvalue weighted by Gasteiger charge is 2.32. The monoisotopic (exact) mass is 312 g/mol. The Morgan fingerprint density at radius 2 is 1.23 bits per heavy atom. The predicted molar refractivity (Wildman–Crippen MR) is 91.0 cm³/mol. The SMILES string of the molecule is COC(=O)CCCCCCCCCCCCCC[C@H]1O[C@H]1C. The minimum absolute atomic E-state index is 0.0702. The van der Waals surface area contributed by atoms with Crippen molar-refractivity contribution in [3.63, 3.8) is 0 Å². The number of hydrogen-bond acceptors (Lipinski definition) is 3. The molecule has 1 aliphatic heterocycles. The van der Waals surface area contributed by atoms with Crippen molar-refractivity contribution in [3.05, 3.63) is 0 Å². The molecule has 0 saturated carbocycles. The lowest BCUT2D eigenvalue weighted by molar-refractivity contribution is -0.140. The van der Waals surface area contributed by atoms with Crippen molar-refractivity contribution in [2.24, 2.45) is 0 Å². The van der Waals surface area contributed by atoms with Crippen LogP contribution in [-0.2, 0) is 14.3 Å². The van der Waals surface area contributed by atoms with Crippen LogP contribution in [0.3, 0.4) is 0 Å². The van der Waals surface area contributed by atoms with E-state index >= 15 is 0 Å². The molecule has 0 radical (unpaired) electrons. The molecule has 3 nitrogen and oxygen atoms in total. The topological polar surface area (TPSA) is 38.8 Å². The molecule has 22 heavy (non-hydrogen) atoms. The summed E-state index contributed by atoms with van der Waals surface area (Å²) in [6.07, 6.45) is 18.8. The van der Waals surface area contributed by atoms with E-state index in [4.69, 9.17) is 4.74 Å². The van der Waals surface area contributed by atoms with Gasteiger partial charge in [-0.25, -0.2) is 0 Å². The average Bonchev–Trinajstić information content (AvgIpc) is 3.22. The molecular weight excluding hydrogens is 276 g/mol. The number of carbonyl (C=O) groups excluding carboxylic acids is 1. The van der Waals surface area contributed by atoms with E-state index in [1.165, 1.54) is 84.2 Å². The van der Waals surface area contributed by atoms with Gasteiger partial charge in [0.25, 0.3) is 0 Å². The van der Waals surface area contributed by atoms with Gasteiger partial charge in [0.15, 0.2) is 0 Å². The Morgan fingerprint density at radius 1 is 0.818 bits per heavy atom. The molecule has 1 fully saturated rings. The molecule has 0 aromatic rings. The lowest BCUT2D eigenvalue weighted by Crippen LogP contribution is -1.99. The molecule has 0 bridgehead atoms.